The standard InChI is InChI=1S/C17H26N2O3S/c1-22-17-9-3-2-8-16(17)19-10-4-6-14(12-19)18-15-7-5-11-23(20,21)13-15/h2-3,8-9,14-15,18H,4-7,10-13H2,1H3. The molecule has 2 fully saturated rings. The van der Waals surface area contributed by atoms with Gasteiger partial charge in [0.1, 0.15) is 5.75 Å². The fourth-order valence-corrected chi connectivity index (χ4v) is 5.36. The zero-order valence-electron chi connectivity index (χ0n) is 13.7. The van der Waals surface area contributed by atoms with Gasteiger partial charge in [-0.1, -0.05) is 12.1 Å². The molecule has 1 N–H and O–H groups in total. The van der Waals surface area contributed by atoms with E-state index in [4.69, 9.17) is 4.74 Å². The third-order valence-corrected chi connectivity index (χ3v) is 6.60. The van der Waals surface area contributed by atoms with E-state index in [2.05, 4.69) is 16.3 Å². The molecule has 23 heavy (non-hydrogen) atoms. The maximum absolute atomic E-state index is 11.8. The Bertz CT molecular complexity index is 632. The van der Waals surface area contributed by atoms with E-state index in [1.165, 1.54) is 0 Å². The van der Waals surface area contributed by atoms with Crippen LogP contribution < -0.4 is 15.0 Å². The smallest absolute Gasteiger partial charge is 0.151 e. The molecule has 2 aliphatic rings. The molecule has 0 radical (unpaired) electrons. The first-order valence-corrected chi connectivity index (χ1v) is 10.2. The number of benzene rings is 1. The highest BCUT2D eigenvalue weighted by atomic mass is 32.2. The van der Waals surface area contributed by atoms with Gasteiger partial charge in [-0.3, -0.25) is 0 Å². The van der Waals surface area contributed by atoms with E-state index in [0.29, 0.717) is 11.8 Å². The summed E-state index contributed by atoms with van der Waals surface area (Å²) >= 11 is 0. The molecule has 1 aromatic carbocycles. The lowest BCUT2D eigenvalue weighted by Gasteiger charge is -2.37. The summed E-state index contributed by atoms with van der Waals surface area (Å²) in [6, 6.07) is 8.53. The molecule has 5 nitrogen and oxygen atoms in total. The van der Waals surface area contributed by atoms with E-state index in [1.807, 2.05) is 18.2 Å². The van der Waals surface area contributed by atoms with Crippen molar-refractivity contribution in [2.75, 3.05) is 36.6 Å². The van der Waals surface area contributed by atoms with E-state index in [9.17, 15) is 8.42 Å². The predicted molar refractivity (Wildman–Crippen MR) is 93.0 cm³/mol. The Morgan fingerprint density at radius 1 is 1.17 bits per heavy atom. The summed E-state index contributed by atoms with van der Waals surface area (Å²) in [4.78, 5) is 2.34. The average Bonchev–Trinajstić information content (AvgIpc) is 2.54. The molecule has 128 valence electrons. The van der Waals surface area contributed by atoms with Crippen LogP contribution in [0.1, 0.15) is 25.7 Å². The van der Waals surface area contributed by atoms with Crippen LogP contribution in [0.5, 0.6) is 5.75 Å². The molecule has 2 aliphatic heterocycles. The molecule has 0 aromatic heterocycles. The average molecular weight is 338 g/mol. The quantitative estimate of drug-likeness (QED) is 0.908. The molecule has 2 atom stereocenters. The van der Waals surface area contributed by atoms with Gasteiger partial charge >= 0.3 is 0 Å². The third kappa shape index (κ3) is 4.18. The molecule has 1 aromatic rings. The van der Waals surface area contributed by atoms with Crippen molar-refractivity contribution in [3.63, 3.8) is 0 Å². The molecule has 0 saturated carbocycles. The topological polar surface area (TPSA) is 58.6 Å². The van der Waals surface area contributed by atoms with Crippen LogP contribution in [0.4, 0.5) is 5.69 Å². The Kier molecular flexibility index (Phi) is 5.11. The molecule has 2 saturated heterocycles. The van der Waals surface area contributed by atoms with Gasteiger partial charge in [0.25, 0.3) is 0 Å². The van der Waals surface area contributed by atoms with Gasteiger partial charge in [0.05, 0.1) is 24.3 Å². The monoisotopic (exact) mass is 338 g/mol. The van der Waals surface area contributed by atoms with Crippen molar-refractivity contribution < 1.29 is 13.2 Å². The fraction of sp³-hybridized carbons (Fsp3) is 0.647. The number of piperidine rings is 1. The molecular weight excluding hydrogens is 312 g/mol. The minimum absolute atomic E-state index is 0.108. The van der Waals surface area contributed by atoms with Gasteiger partial charge in [0.15, 0.2) is 9.84 Å². The minimum atomic E-state index is -2.86. The zero-order chi connectivity index (χ0) is 16.3. The summed E-state index contributed by atoms with van der Waals surface area (Å²) in [6.07, 6.45) is 3.95. The number of hydrogen-bond donors (Lipinski definition) is 1. The van der Waals surface area contributed by atoms with Gasteiger partial charge in [-0.05, 0) is 37.8 Å². The van der Waals surface area contributed by atoms with Crippen LogP contribution in [0.2, 0.25) is 0 Å². The van der Waals surface area contributed by atoms with Crippen molar-refractivity contribution in [2.45, 2.75) is 37.8 Å². The van der Waals surface area contributed by atoms with Gasteiger partial charge in [-0.15, -0.1) is 0 Å². The summed E-state index contributed by atoms with van der Waals surface area (Å²) in [7, 11) is -1.16. The lowest BCUT2D eigenvalue weighted by Crippen LogP contribution is -2.52. The first-order valence-electron chi connectivity index (χ1n) is 8.42. The molecule has 0 aliphatic carbocycles. The number of rotatable bonds is 4. The van der Waals surface area contributed by atoms with Crippen LogP contribution in [-0.2, 0) is 9.84 Å². The van der Waals surface area contributed by atoms with Crippen LogP contribution >= 0.6 is 0 Å². The maximum atomic E-state index is 11.8. The van der Waals surface area contributed by atoms with Crippen molar-refractivity contribution in [3.8, 4) is 5.75 Å². The van der Waals surface area contributed by atoms with Crippen LogP contribution in [0.25, 0.3) is 0 Å². The first-order chi connectivity index (χ1) is 11.1. The number of nitrogens with zero attached hydrogens (tertiary/aromatic N) is 1. The predicted octanol–water partition coefficient (Wildman–Crippen LogP) is 1.83. The van der Waals surface area contributed by atoms with Gasteiger partial charge < -0.3 is 15.0 Å². The maximum Gasteiger partial charge on any atom is 0.151 e. The number of anilines is 1. The molecule has 0 spiro atoms. The first kappa shape index (κ1) is 16.6. The largest absolute Gasteiger partial charge is 0.495 e. The third-order valence-electron chi connectivity index (χ3n) is 4.78. The highest BCUT2D eigenvalue weighted by molar-refractivity contribution is 7.91. The zero-order valence-corrected chi connectivity index (χ0v) is 14.5. The molecule has 0 bridgehead atoms. The number of hydrogen-bond acceptors (Lipinski definition) is 5. The van der Waals surface area contributed by atoms with E-state index < -0.39 is 9.84 Å². The van der Waals surface area contributed by atoms with Crippen LogP contribution in [0.15, 0.2) is 24.3 Å². The van der Waals surface area contributed by atoms with Crippen molar-refractivity contribution in [3.05, 3.63) is 24.3 Å². The van der Waals surface area contributed by atoms with Gasteiger partial charge in [-0.25, -0.2) is 8.42 Å². The van der Waals surface area contributed by atoms with Crippen molar-refractivity contribution in [1.82, 2.24) is 5.32 Å². The normalized spacial score (nSPS) is 27.6. The number of para-hydroxylation sites is 2. The molecule has 0 amide bonds. The SMILES string of the molecule is COc1ccccc1N1CCCC(NC2CCCS(=O)(=O)C2)C1. The number of sulfone groups is 1. The van der Waals surface area contributed by atoms with Gasteiger partial charge in [0, 0.05) is 25.2 Å². The Labute approximate surface area is 138 Å². The Morgan fingerprint density at radius 2 is 1.96 bits per heavy atom. The van der Waals surface area contributed by atoms with E-state index in [1.54, 1.807) is 7.11 Å². The van der Waals surface area contributed by atoms with Gasteiger partial charge in [-0.2, -0.15) is 0 Å². The van der Waals surface area contributed by atoms with Crippen LogP contribution in [-0.4, -0.2) is 52.2 Å². The lowest BCUT2D eigenvalue weighted by molar-refractivity contribution is 0.363. The summed E-state index contributed by atoms with van der Waals surface area (Å²) in [5.41, 5.74) is 1.12. The van der Waals surface area contributed by atoms with Gasteiger partial charge in [0.2, 0.25) is 0 Å². The van der Waals surface area contributed by atoms with E-state index >= 15 is 0 Å². The van der Waals surface area contributed by atoms with E-state index in [-0.39, 0.29) is 11.8 Å². The Hall–Kier alpha value is -1.27. The molecule has 6 heteroatoms. The fourth-order valence-electron chi connectivity index (χ4n) is 3.71. The van der Waals surface area contributed by atoms with Crippen molar-refractivity contribution >= 4 is 15.5 Å². The second-order valence-corrected chi connectivity index (χ2v) is 8.81. The second-order valence-electron chi connectivity index (χ2n) is 6.58. The lowest BCUT2D eigenvalue weighted by atomic mass is 10.0. The Balaban J connectivity index is 1.64. The van der Waals surface area contributed by atoms with Crippen LogP contribution in [0, 0.1) is 0 Å². The number of nitrogens with one attached hydrogen (secondary N) is 1. The second kappa shape index (κ2) is 7.09. The number of methoxy groups -OCH3 is 1. The minimum Gasteiger partial charge on any atom is -0.495 e. The van der Waals surface area contributed by atoms with Crippen molar-refractivity contribution in [2.24, 2.45) is 0 Å². The van der Waals surface area contributed by atoms with Crippen LogP contribution in [0.3, 0.4) is 0 Å². The van der Waals surface area contributed by atoms with E-state index in [0.717, 1.165) is 50.2 Å². The summed E-state index contributed by atoms with van der Waals surface area (Å²) in [6.45, 7) is 1.92. The summed E-state index contributed by atoms with van der Waals surface area (Å²) < 4.78 is 29.1. The highest BCUT2D eigenvalue weighted by Crippen LogP contribution is 2.30. The summed E-state index contributed by atoms with van der Waals surface area (Å²) in [5.74, 6) is 1.54. The molecule has 2 heterocycles. The number of ether oxygens (including phenoxy) is 1. The van der Waals surface area contributed by atoms with Crippen molar-refractivity contribution in [1.29, 1.82) is 0 Å². The molecular formula is C17H26N2O3S. The molecule has 2 unspecified atom stereocenters. The highest BCUT2D eigenvalue weighted by Gasteiger charge is 2.29. The Morgan fingerprint density at radius 3 is 2.74 bits per heavy atom. The molecule has 3 rings (SSSR count). The summed E-state index contributed by atoms with van der Waals surface area (Å²) in [5, 5.41) is 3.59.